The second-order valence-corrected chi connectivity index (χ2v) is 14.4. The molecule has 1 aliphatic rings. The summed E-state index contributed by atoms with van der Waals surface area (Å²) >= 11 is -0.826. The van der Waals surface area contributed by atoms with Crippen LogP contribution in [0.4, 0.5) is 0 Å². The van der Waals surface area contributed by atoms with Crippen LogP contribution in [0.5, 0.6) is 0 Å². The molecule has 0 fully saturated rings. The molecule has 0 atom stereocenters. The van der Waals surface area contributed by atoms with Crippen molar-refractivity contribution in [1.82, 2.24) is 9.13 Å². The Labute approximate surface area is 264 Å². The molecule has 1 aliphatic carbocycles. The molecule has 5 heteroatoms. The molecule has 204 valence electrons. The largest absolute Gasteiger partial charge is 0.335 e. The zero-order valence-electron chi connectivity index (χ0n) is 23.0. The summed E-state index contributed by atoms with van der Waals surface area (Å²) in [6.45, 7) is 0. The molecule has 2 heterocycles. The van der Waals surface area contributed by atoms with E-state index in [0.29, 0.717) is 0 Å². The maximum atomic E-state index is 4.93. The van der Waals surface area contributed by atoms with E-state index in [1.54, 1.807) is 5.56 Å². The molecule has 6 aromatic carbocycles. The first-order chi connectivity index (χ1) is 20.7. The van der Waals surface area contributed by atoms with Gasteiger partial charge in [-0.3, -0.25) is 0 Å². The number of fused-ring (bicyclic) bond motifs is 6. The first-order valence-corrected chi connectivity index (χ1v) is 20.5. The van der Waals surface area contributed by atoms with Crippen molar-refractivity contribution in [2.24, 2.45) is 0 Å². The summed E-state index contributed by atoms with van der Waals surface area (Å²) in [4.78, 5) is 0. The number of hydrogen-bond acceptors (Lipinski definition) is 0. The van der Waals surface area contributed by atoms with E-state index in [2.05, 4.69) is 143 Å². The van der Waals surface area contributed by atoms with Crippen LogP contribution in [0.15, 0.2) is 134 Å². The Hall–Kier alpha value is -3.36. The van der Waals surface area contributed by atoms with Crippen LogP contribution in [-0.2, 0) is 33.7 Å². The van der Waals surface area contributed by atoms with E-state index in [-0.39, 0.29) is 0 Å². The summed E-state index contributed by atoms with van der Waals surface area (Å²) in [6, 6.07) is 45.7. The van der Waals surface area contributed by atoms with Crippen molar-refractivity contribution in [3.63, 3.8) is 0 Å². The minimum absolute atomic E-state index is 0.826. The fourth-order valence-electron chi connectivity index (χ4n) is 6.47. The number of hydrogen-bond donors (Lipinski definition) is 0. The van der Waals surface area contributed by atoms with Gasteiger partial charge in [0.15, 0.2) is 0 Å². The van der Waals surface area contributed by atoms with E-state index in [4.69, 9.17) is 17.0 Å². The number of rotatable bonds is 2. The zero-order chi connectivity index (χ0) is 28.5. The Bertz CT molecular complexity index is 2080. The molecule has 0 saturated carbocycles. The summed E-state index contributed by atoms with van der Waals surface area (Å²) in [7, 11) is 9.87. The predicted octanol–water partition coefficient (Wildman–Crippen LogP) is 10.9. The van der Waals surface area contributed by atoms with Gasteiger partial charge < -0.3 is 9.13 Å². The van der Waals surface area contributed by atoms with Gasteiger partial charge in [-0.25, -0.2) is 0 Å². The molecule has 0 saturated heterocycles. The zero-order valence-corrected chi connectivity index (χ0v) is 26.9. The number of benzene rings is 4. The Kier molecular flexibility index (Phi) is 7.91. The second-order valence-electron chi connectivity index (χ2n) is 10.6. The number of para-hydroxylation sites is 2. The van der Waals surface area contributed by atoms with Gasteiger partial charge in [-0.1, -0.05) is 48.5 Å². The van der Waals surface area contributed by atoms with Gasteiger partial charge in [0.05, 0.1) is 11.0 Å². The van der Waals surface area contributed by atoms with Gasteiger partial charge in [0.1, 0.15) is 0 Å². The van der Waals surface area contributed by atoms with Crippen molar-refractivity contribution in [1.29, 1.82) is 0 Å². The molecule has 0 spiro atoms. The van der Waals surface area contributed by atoms with Crippen molar-refractivity contribution in [3.8, 4) is 11.4 Å². The molecular formula is C37H28Cl2N2Zr. The molecule has 9 rings (SSSR count). The Morgan fingerprint density at radius 2 is 1.17 bits per heavy atom. The summed E-state index contributed by atoms with van der Waals surface area (Å²) < 4.78 is 4.73. The average Bonchev–Trinajstić information content (AvgIpc) is 3.84. The fraction of sp³-hybridized carbons (Fsp3) is 0.0811. The molecule has 0 bridgehead atoms. The third-order valence-corrected chi connectivity index (χ3v) is 8.27. The third-order valence-electron chi connectivity index (χ3n) is 8.27. The minimum Gasteiger partial charge on any atom is -0.335 e. The van der Waals surface area contributed by atoms with Crippen LogP contribution < -0.4 is 0 Å². The number of aryl methyl sites for hydroxylation is 1. The molecule has 0 N–H and O–H groups in total. The van der Waals surface area contributed by atoms with E-state index >= 15 is 0 Å². The van der Waals surface area contributed by atoms with E-state index < -0.39 is 20.8 Å². The Morgan fingerprint density at radius 3 is 1.88 bits per heavy atom. The number of aromatic nitrogens is 2. The van der Waals surface area contributed by atoms with E-state index in [1.165, 1.54) is 79.7 Å². The van der Waals surface area contributed by atoms with E-state index in [9.17, 15) is 0 Å². The van der Waals surface area contributed by atoms with Gasteiger partial charge in [-0.15, -0.1) is 82.2 Å². The van der Waals surface area contributed by atoms with Crippen molar-refractivity contribution in [2.45, 2.75) is 19.3 Å². The first kappa shape index (κ1) is 27.5. The van der Waals surface area contributed by atoms with Gasteiger partial charge in [-0.05, 0) is 59.8 Å². The van der Waals surface area contributed by atoms with Crippen molar-refractivity contribution in [3.05, 3.63) is 145 Å². The molecule has 0 aliphatic heterocycles. The Balaban J connectivity index is 0.000000127. The molecule has 0 unspecified atom stereocenters. The quantitative estimate of drug-likeness (QED) is 0.163. The summed E-state index contributed by atoms with van der Waals surface area (Å²) in [5.74, 6) is 0. The van der Waals surface area contributed by atoms with Crippen LogP contribution in [0.1, 0.15) is 17.7 Å². The minimum atomic E-state index is -0.826. The van der Waals surface area contributed by atoms with Crippen molar-refractivity contribution in [2.75, 3.05) is 0 Å². The molecule has 0 amide bonds. The van der Waals surface area contributed by atoms with Crippen LogP contribution in [0.3, 0.4) is 0 Å². The maximum Gasteiger partial charge on any atom is 0.0516 e. The van der Waals surface area contributed by atoms with Gasteiger partial charge in [0.25, 0.3) is 0 Å². The monoisotopic (exact) mass is 660 g/mol. The molecule has 8 aromatic rings. The summed E-state index contributed by atoms with van der Waals surface area (Å²) in [6.07, 6.45) is 5.85. The normalized spacial score (nSPS) is 12.1. The topological polar surface area (TPSA) is 9.86 Å². The number of halogens is 2. The van der Waals surface area contributed by atoms with Gasteiger partial charge in [0, 0.05) is 17.3 Å². The number of nitrogens with zero attached hydrogens (tertiary/aromatic N) is 2. The average molecular weight is 663 g/mol. The maximum absolute atomic E-state index is 4.93. The van der Waals surface area contributed by atoms with Gasteiger partial charge in [-0.2, -0.15) is 0 Å². The van der Waals surface area contributed by atoms with E-state index in [0.717, 1.165) is 0 Å². The SMILES string of the molecule is [Cl][Zr+2][Cl].c1ccc2[cH-]c(-n3c4c(c5ccccc53)CCC4)cc2c1.c1ccc2[cH-]c(-n3ccc4ccccc43)cc2c1. The van der Waals surface area contributed by atoms with E-state index in [1.807, 2.05) is 0 Å². The first-order valence-electron chi connectivity index (χ1n) is 14.2. The summed E-state index contributed by atoms with van der Waals surface area (Å²) in [5, 5.41) is 7.97. The van der Waals surface area contributed by atoms with Crippen LogP contribution in [-0.4, -0.2) is 9.13 Å². The standard InChI is InChI=1S/C20H16N.C17H12N.2ClH.Zr/c1-2-7-15-13-16(12-14(15)6-1)21-19-10-4-3-8-17(19)18-9-5-11-20(18)21;1-2-7-15-12-16(11-14(15)6-1)18-10-9-13-5-3-4-8-17(13)18;;;/h1-4,6-8,10,12-13H,5,9,11H2;1-12H;2*1H;/q2*-1;;;+4/p-2. The predicted molar refractivity (Wildman–Crippen MR) is 176 cm³/mol. The molecule has 2 nitrogen and oxygen atoms in total. The third kappa shape index (κ3) is 5.09. The van der Waals surface area contributed by atoms with Crippen LogP contribution >= 0.6 is 17.0 Å². The van der Waals surface area contributed by atoms with Crippen LogP contribution in [0.25, 0.3) is 54.7 Å². The van der Waals surface area contributed by atoms with Gasteiger partial charge in [0.2, 0.25) is 0 Å². The summed E-state index contributed by atoms with van der Waals surface area (Å²) in [5.41, 5.74) is 8.25. The molecule has 2 aromatic heterocycles. The Morgan fingerprint density at radius 1 is 0.595 bits per heavy atom. The molecule has 0 radical (unpaired) electrons. The molecular weight excluding hydrogens is 635 g/mol. The fourth-order valence-corrected chi connectivity index (χ4v) is 6.47. The smallest absolute Gasteiger partial charge is 0.0516 e. The van der Waals surface area contributed by atoms with Gasteiger partial charge >= 0.3 is 37.9 Å². The van der Waals surface area contributed by atoms with Crippen LogP contribution in [0.2, 0.25) is 0 Å². The second kappa shape index (κ2) is 12.1. The van der Waals surface area contributed by atoms with Crippen LogP contribution in [0, 0.1) is 0 Å². The van der Waals surface area contributed by atoms with Crippen molar-refractivity contribution >= 4 is 60.4 Å². The van der Waals surface area contributed by atoms with Crippen molar-refractivity contribution < 1.29 is 20.8 Å². The molecule has 42 heavy (non-hydrogen) atoms.